The van der Waals surface area contributed by atoms with Gasteiger partial charge in [0.1, 0.15) is 5.82 Å². The Kier molecular flexibility index (Phi) is 5.19. The molecule has 6 heteroatoms. The molecule has 2 N–H and O–H groups in total. The molecule has 4 aromatic rings. The number of hydrogen-bond donors (Lipinski definition) is 2. The van der Waals surface area contributed by atoms with E-state index in [0.29, 0.717) is 24.2 Å². The lowest BCUT2D eigenvalue weighted by molar-refractivity contribution is -0.116. The topological polar surface area (TPSA) is 62.7 Å². The van der Waals surface area contributed by atoms with Crippen molar-refractivity contribution >= 4 is 22.5 Å². The lowest BCUT2D eigenvalue weighted by Crippen LogP contribution is -2.11. The fraction of sp³-hybridized carbons (Fsp3) is 0.182. The quantitative estimate of drug-likeness (QED) is 0.498. The average Bonchev–Trinajstić information content (AvgIpc) is 3.31. The number of fused-ring (bicyclic) bond motifs is 1. The van der Waals surface area contributed by atoms with Crippen molar-refractivity contribution in [3.8, 4) is 0 Å². The second-order valence-corrected chi connectivity index (χ2v) is 6.78. The van der Waals surface area contributed by atoms with Crippen LogP contribution in [0.4, 0.5) is 10.1 Å². The van der Waals surface area contributed by atoms with E-state index in [0.717, 1.165) is 18.4 Å². The second kappa shape index (κ2) is 8.08. The van der Waals surface area contributed by atoms with Gasteiger partial charge in [-0.05, 0) is 30.5 Å². The number of aromatic amines is 1. The van der Waals surface area contributed by atoms with E-state index in [1.54, 1.807) is 35.3 Å². The lowest BCUT2D eigenvalue weighted by atomic mass is 10.1. The zero-order valence-electron chi connectivity index (χ0n) is 15.4. The van der Waals surface area contributed by atoms with Crippen molar-refractivity contribution < 1.29 is 9.18 Å². The van der Waals surface area contributed by atoms with Crippen LogP contribution in [0.2, 0.25) is 0 Å². The van der Waals surface area contributed by atoms with Crippen LogP contribution in [0.25, 0.3) is 10.9 Å². The maximum Gasteiger partial charge on any atom is 0.224 e. The molecule has 2 heterocycles. The number of aryl methyl sites for hydroxylation is 1. The highest BCUT2D eigenvalue weighted by atomic mass is 19.1. The number of nitrogens with one attached hydrogen (secondary N) is 2. The Balaban J connectivity index is 1.28. The maximum absolute atomic E-state index is 13.7. The first kappa shape index (κ1) is 18.0. The SMILES string of the molecule is O=C(CCCc1c[nH]c2ccccc12)Nc1cnn(Cc2ccccc2F)c1. The molecule has 4 rings (SSSR count). The van der Waals surface area contributed by atoms with E-state index < -0.39 is 0 Å². The minimum Gasteiger partial charge on any atom is -0.361 e. The maximum atomic E-state index is 13.7. The molecule has 0 fully saturated rings. The number of para-hydroxylation sites is 1. The highest BCUT2D eigenvalue weighted by Gasteiger charge is 2.08. The molecule has 0 radical (unpaired) electrons. The molecule has 2 aromatic heterocycles. The molecule has 0 spiro atoms. The van der Waals surface area contributed by atoms with E-state index in [4.69, 9.17) is 0 Å². The van der Waals surface area contributed by atoms with Crippen molar-refractivity contribution in [2.24, 2.45) is 0 Å². The summed E-state index contributed by atoms with van der Waals surface area (Å²) < 4.78 is 15.3. The number of carbonyl (C=O) groups excluding carboxylic acids is 1. The first-order valence-corrected chi connectivity index (χ1v) is 9.30. The van der Waals surface area contributed by atoms with Gasteiger partial charge in [0.15, 0.2) is 0 Å². The Bertz CT molecular complexity index is 1100. The predicted octanol–water partition coefficient (Wildman–Crippen LogP) is 4.51. The summed E-state index contributed by atoms with van der Waals surface area (Å²) in [7, 11) is 0. The van der Waals surface area contributed by atoms with Crippen molar-refractivity contribution in [2.75, 3.05) is 5.32 Å². The summed E-state index contributed by atoms with van der Waals surface area (Å²) >= 11 is 0. The molecule has 1 amide bonds. The second-order valence-electron chi connectivity index (χ2n) is 6.78. The van der Waals surface area contributed by atoms with E-state index in [9.17, 15) is 9.18 Å². The molecule has 28 heavy (non-hydrogen) atoms. The molecular weight excluding hydrogens is 355 g/mol. The fourth-order valence-electron chi connectivity index (χ4n) is 3.32. The number of H-pyrrole nitrogens is 1. The zero-order valence-corrected chi connectivity index (χ0v) is 15.4. The first-order valence-electron chi connectivity index (χ1n) is 9.30. The predicted molar refractivity (Wildman–Crippen MR) is 108 cm³/mol. The van der Waals surface area contributed by atoms with Crippen LogP contribution in [-0.4, -0.2) is 20.7 Å². The molecule has 0 saturated carbocycles. The molecule has 5 nitrogen and oxygen atoms in total. The molecule has 0 saturated heterocycles. The Morgan fingerprint density at radius 1 is 1.11 bits per heavy atom. The van der Waals surface area contributed by atoms with Crippen LogP contribution in [0.5, 0.6) is 0 Å². The molecular formula is C22H21FN4O. The highest BCUT2D eigenvalue weighted by molar-refractivity contribution is 5.90. The number of hydrogen-bond acceptors (Lipinski definition) is 2. The van der Waals surface area contributed by atoms with E-state index in [1.807, 2.05) is 24.4 Å². The minimum absolute atomic E-state index is 0.0507. The Morgan fingerprint density at radius 2 is 1.93 bits per heavy atom. The molecule has 0 aliphatic heterocycles. The number of nitrogens with zero attached hydrogens (tertiary/aromatic N) is 2. The van der Waals surface area contributed by atoms with Gasteiger partial charge < -0.3 is 10.3 Å². The fourth-order valence-corrected chi connectivity index (χ4v) is 3.32. The largest absolute Gasteiger partial charge is 0.361 e. The van der Waals surface area contributed by atoms with E-state index in [1.165, 1.54) is 17.0 Å². The molecule has 0 aliphatic rings. The summed E-state index contributed by atoms with van der Waals surface area (Å²) in [5, 5.41) is 8.25. The van der Waals surface area contributed by atoms with Crippen LogP contribution in [0.1, 0.15) is 24.0 Å². The number of amides is 1. The normalized spacial score (nSPS) is 11.0. The zero-order chi connectivity index (χ0) is 19.3. The Hall–Kier alpha value is -3.41. The van der Waals surface area contributed by atoms with Gasteiger partial charge in [0.2, 0.25) is 5.91 Å². The number of rotatable bonds is 7. The van der Waals surface area contributed by atoms with E-state index >= 15 is 0 Å². The highest BCUT2D eigenvalue weighted by Crippen LogP contribution is 2.19. The number of anilines is 1. The lowest BCUT2D eigenvalue weighted by Gasteiger charge is -2.04. The van der Waals surface area contributed by atoms with E-state index in [-0.39, 0.29) is 11.7 Å². The van der Waals surface area contributed by atoms with Gasteiger partial charge in [0.25, 0.3) is 0 Å². The Labute approximate surface area is 162 Å². The van der Waals surface area contributed by atoms with Crippen molar-refractivity contribution in [2.45, 2.75) is 25.8 Å². The Morgan fingerprint density at radius 3 is 2.82 bits per heavy atom. The third-order valence-electron chi connectivity index (χ3n) is 4.73. The third-order valence-corrected chi connectivity index (χ3v) is 4.73. The molecule has 0 unspecified atom stereocenters. The van der Waals surface area contributed by atoms with Crippen LogP contribution in [0, 0.1) is 5.82 Å². The van der Waals surface area contributed by atoms with Gasteiger partial charge in [-0.25, -0.2) is 4.39 Å². The van der Waals surface area contributed by atoms with Crippen LogP contribution >= 0.6 is 0 Å². The van der Waals surface area contributed by atoms with Gasteiger partial charge in [-0.15, -0.1) is 0 Å². The average molecular weight is 376 g/mol. The van der Waals surface area contributed by atoms with Gasteiger partial charge in [0, 0.05) is 35.3 Å². The third kappa shape index (κ3) is 4.11. The van der Waals surface area contributed by atoms with Gasteiger partial charge >= 0.3 is 0 Å². The minimum atomic E-state index is -0.263. The molecule has 0 bridgehead atoms. The van der Waals surface area contributed by atoms with Gasteiger partial charge in [-0.1, -0.05) is 36.4 Å². The molecule has 142 valence electrons. The number of carbonyl (C=O) groups is 1. The summed E-state index contributed by atoms with van der Waals surface area (Å²) in [5.41, 5.74) is 3.51. The number of aromatic nitrogens is 3. The number of halogens is 1. The van der Waals surface area contributed by atoms with Gasteiger partial charge in [0.05, 0.1) is 18.4 Å². The van der Waals surface area contributed by atoms with Crippen molar-refractivity contribution in [3.63, 3.8) is 0 Å². The first-order chi connectivity index (χ1) is 13.7. The van der Waals surface area contributed by atoms with Crippen LogP contribution in [-0.2, 0) is 17.8 Å². The van der Waals surface area contributed by atoms with Gasteiger partial charge in [-0.2, -0.15) is 5.10 Å². The van der Waals surface area contributed by atoms with Crippen LogP contribution in [0.3, 0.4) is 0 Å². The van der Waals surface area contributed by atoms with Crippen molar-refractivity contribution in [3.05, 3.63) is 84.1 Å². The summed E-state index contributed by atoms with van der Waals surface area (Å²) in [5.74, 6) is -0.314. The summed E-state index contributed by atoms with van der Waals surface area (Å²) in [6.45, 7) is 0.323. The molecule has 0 atom stereocenters. The van der Waals surface area contributed by atoms with Gasteiger partial charge in [-0.3, -0.25) is 9.48 Å². The van der Waals surface area contributed by atoms with Crippen LogP contribution in [0.15, 0.2) is 67.1 Å². The smallest absolute Gasteiger partial charge is 0.224 e. The van der Waals surface area contributed by atoms with Crippen molar-refractivity contribution in [1.29, 1.82) is 0 Å². The van der Waals surface area contributed by atoms with E-state index in [2.05, 4.69) is 21.5 Å². The molecule has 0 aliphatic carbocycles. The standard InChI is InChI=1S/C22H21FN4O/c23-20-9-3-1-6-17(20)14-27-15-18(13-25-27)26-22(28)11-5-7-16-12-24-21-10-4-2-8-19(16)21/h1-4,6,8-10,12-13,15,24H,5,7,11,14H2,(H,26,28). The summed E-state index contributed by atoms with van der Waals surface area (Å²) in [6.07, 6.45) is 7.33. The van der Waals surface area contributed by atoms with Crippen LogP contribution < -0.4 is 5.32 Å². The monoisotopic (exact) mass is 376 g/mol. The number of benzene rings is 2. The van der Waals surface area contributed by atoms with Crippen molar-refractivity contribution in [1.82, 2.24) is 14.8 Å². The molecule has 2 aromatic carbocycles. The summed E-state index contributed by atoms with van der Waals surface area (Å²) in [6, 6.07) is 14.8. The summed E-state index contributed by atoms with van der Waals surface area (Å²) in [4.78, 5) is 15.5.